The number of β-amino-alcohol motifs (C(OH)–C–C–N with tert-alkyl or cyclic N) is 1. The molecule has 4 nitrogen and oxygen atoms in total. The topological polar surface area (TPSA) is 44.7 Å². The third-order valence-corrected chi connectivity index (χ3v) is 4.40. The van der Waals surface area contributed by atoms with Gasteiger partial charge in [0.1, 0.15) is 0 Å². The van der Waals surface area contributed by atoms with Crippen molar-refractivity contribution >= 4 is 0 Å². The second-order valence-corrected chi connectivity index (χ2v) is 6.29. The zero-order valence-corrected chi connectivity index (χ0v) is 13.7. The average Bonchev–Trinajstić information content (AvgIpc) is 2.55. The minimum atomic E-state index is -0.391. The molecule has 1 unspecified atom stereocenters. The molecule has 1 aliphatic heterocycles. The van der Waals surface area contributed by atoms with Crippen LogP contribution in [-0.4, -0.2) is 55.9 Å². The first-order chi connectivity index (χ1) is 10.8. The van der Waals surface area contributed by atoms with E-state index >= 15 is 0 Å². The van der Waals surface area contributed by atoms with Gasteiger partial charge in [-0.05, 0) is 57.4 Å². The Hall–Kier alpha value is -0.940. The van der Waals surface area contributed by atoms with E-state index in [9.17, 15) is 5.11 Å². The number of hydrogen-bond donors (Lipinski definition) is 2. The lowest BCUT2D eigenvalue weighted by atomic mass is 9.93. The van der Waals surface area contributed by atoms with Gasteiger partial charge in [-0.25, -0.2) is 0 Å². The molecular weight excluding hydrogens is 276 g/mol. The van der Waals surface area contributed by atoms with E-state index < -0.39 is 6.10 Å². The predicted molar refractivity (Wildman–Crippen MR) is 89.8 cm³/mol. The molecule has 4 heteroatoms. The maximum Gasteiger partial charge on any atom is 0.0900 e. The number of piperidine rings is 1. The van der Waals surface area contributed by atoms with Crippen LogP contribution in [-0.2, 0) is 11.3 Å². The summed E-state index contributed by atoms with van der Waals surface area (Å²) in [5.74, 6) is 0.843. The summed E-state index contributed by atoms with van der Waals surface area (Å²) in [6.45, 7) is 5.03. The summed E-state index contributed by atoms with van der Waals surface area (Å²) in [7, 11) is 2.01. The number of hydrogen-bond acceptors (Lipinski definition) is 4. The van der Waals surface area contributed by atoms with Gasteiger partial charge in [-0.1, -0.05) is 30.3 Å². The van der Waals surface area contributed by atoms with E-state index in [0.29, 0.717) is 13.2 Å². The maximum absolute atomic E-state index is 10.1. The highest BCUT2D eigenvalue weighted by Gasteiger charge is 2.20. The lowest BCUT2D eigenvalue weighted by Crippen LogP contribution is -2.40. The number of nitrogens with zero attached hydrogens (tertiary/aromatic N) is 1. The fourth-order valence-electron chi connectivity index (χ4n) is 3.04. The molecule has 0 radical (unpaired) electrons. The van der Waals surface area contributed by atoms with Crippen LogP contribution in [0.15, 0.2) is 30.3 Å². The van der Waals surface area contributed by atoms with Crippen molar-refractivity contribution in [1.29, 1.82) is 0 Å². The number of ether oxygens (including phenoxy) is 1. The zero-order valence-electron chi connectivity index (χ0n) is 13.7. The van der Waals surface area contributed by atoms with Gasteiger partial charge in [0.15, 0.2) is 0 Å². The lowest BCUT2D eigenvalue weighted by Gasteiger charge is -2.33. The van der Waals surface area contributed by atoms with Crippen molar-refractivity contribution < 1.29 is 9.84 Å². The molecule has 2 N–H and O–H groups in total. The Morgan fingerprint density at radius 2 is 2.00 bits per heavy atom. The van der Waals surface area contributed by atoms with Crippen molar-refractivity contribution in [3.63, 3.8) is 0 Å². The molecule has 0 bridgehead atoms. The number of benzene rings is 1. The van der Waals surface area contributed by atoms with Crippen molar-refractivity contribution in [3.8, 4) is 0 Å². The summed E-state index contributed by atoms with van der Waals surface area (Å²) >= 11 is 0. The summed E-state index contributed by atoms with van der Waals surface area (Å²) in [6.07, 6.45) is 3.38. The molecule has 0 amide bonds. The van der Waals surface area contributed by atoms with E-state index in [2.05, 4.69) is 10.2 Å². The molecule has 0 aliphatic carbocycles. The molecule has 22 heavy (non-hydrogen) atoms. The van der Waals surface area contributed by atoms with Crippen LogP contribution >= 0.6 is 0 Å². The van der Waals surface area contributed by atoms with Gasteiger partial charge >= 0.3 is 0 Å². The van der Waals surface area contributed by atoms with Crippen LogP contribution in [0.25, 0.3) is 0 Å². The first kappa shape index (κ1) is 17.4. The fourth-order valence-corrected chi connectivity index (χ4v) is 3.04. The van der Waals surface area contributed by atoms with E-state index in [-0.39, 0.29) is 0 Å². The maximum atomic E-state index is 10.1. The van der Waals surface area contributed by atoms with E-state index in [4.69, 9.17) is 4.74 Å². The summed E-state index contributed by atoms with van der Waals surface area (Å²) in [4.78, 5) is 2.37. The van der Waals surface area contributed by atoms with E-state index in [1.54, 1.807) is 0 Å². The Bertz CT molecular complexity index is 391. The monoisotopic (exact) mass is 306 g/mol. The van der Waals surface area contributed by atoms with Crippen LogP contribution in [0.2, 0.25) is 0 Å². The van der Waals surface area contributed by atoms with E-state index in [1.165, 1.54) is 19.3 Å². The van der Waals surface area contributed by atoms with Crippen molar-refractivity contribution in [3.05, 3.63) is 35.9 Å². The van der Waals surface area contributed by atoms with Crippen LogP contribution in [0.1, 0.15) is 24.8 Å². The molecule has 124 valence electrons. The van der Waals surface area contributed by atoms with Crippen LogP contribution in [0.5, 0.6) is 0 Å². The quantitative estimate of drug-likeness (QED) is 0.731. The molecule has 0 aromatic heterocycles. The first-order valence-corrected chi connectivity index (χ1v) is 8.44. The molecule has 2 rings (SSSR count). The smallest absolute Gasteiger partial charge is 0.0900 e. The average molecular weight is 306 g/mol. The van der Waals surface area contributed by atoms with Crippen molar-refractivity contribution in [2.45, 2.75) is 32.0 Å². The van der Waals surface area contributed by atoms with Crippen molar-refractivity contribution in [1.82, 2.24) is 10.2 Å². The number of aliphatic hydroxyl groups is 1. The highest BCUT2D eigenvalue weighted by atomic mass is 16.5. The highest BCUT2D eigenvalue weighted by molar-refractivity contribution is 5.13. The van der Waals surface area contributed by atoms with Gasteiger partial charge in [0, 0.05) is 6.54 Å². The van der Waals surface area contributed by atoms with E-state index in [1.807, 2.05) is 37.4 Å². The summed E-state index contributed by atoms with van der Waals surface area (Å²) < 4.78 is 5.61. The molecule has 1 aromatic rings. The van der Waals surface area contributed by atoms with Crippen molar-refractivity contribution in [2.24, 2.45) is 5.92 Å². The van der Waals surface area contributed by atoms with Gasteiger partial charge in [0.05, 0.1) is 19.3 Å². The molecule has 1 saturated heterocycles. The molecular formula is C18H30N2O2. The summed E-state index contributed by atoms with van der Waals surface area (Å²) in [5, 5.41) is 13.3. The van der Waals surface area contributed by atoms with Gasteiger partial charge in [-0.3, -0.25) is 0 Å². The van der Waals surface area contributed by atoms with Crippen LogP contribution in [0.3, 0.4) is 0 Å². The number of nitrogens with one attached hydrogen (secondary N) is 1. The summed E-state index contributed by atoms with van der Waals surface area (Å²) in [5.41, 5.74) is 1.15. The molecule has 1 atom stereocenters. The second kappa shape index (κ2) is 9.95. The molecule has 1 aromatic carbocycles. The molecule has 1 heterocycles. The molecule has 1 aliphatic rings. The molecule has 0 spiro atoms. The van der Waals surface area contributed by atoms with Gasteiger partial charge in [0.2, 0.25) is 0 Å². The van der Waals surface area contributed by atoms with Crippen LogP contribution in [0.4, 0.5) is 0 Å². The molecule has 0 saturated carbocycles. The summed E-state index contributed by atoms with van der Waals surface area (Å²) in [6, 6.07) is 10.1. The Kier molecular flexibility index (Phi) is 7.88. The van der Waals surface area contributed by atoms with Crippen LogP contribution in [0, 0.1) is 5.92 Å². The SMILES string of the molecule is CNCCC1CCN(CC(O)COCc2ccccc2)CC1. The Balaban J connectivity index is 1.57. The number of likely N-dealkylation sites (tertiary alicyclic amines) is 1. The van der Waals surface area contributed by atoms with E-state index in [0.717, 1.165) is 37.7 Å². The third kappa shape index (κ3) is 6.44. The van der Waals surface area contributed by atoms with Gasteiger partial charge in [-0.15, -0.1) is 0 Å². The zero-order chi connectivity index (χ0) is 15.6. The standard InChI is InChI=1S/C18H30N2O2/c1-19-10-7-16-8-11-20(12-9-16)13-18(21)15-22-14-17-5-3-2-4-6-17/h2-6,16,18-19,21H,7-15H2,1H3. The largest absolute Gasteiger partial charge is 0.389 e. The second-order valence-electron chi connectivity index (χ2n) is 6.29. The Labute approximate surface area is 134 Å². The Morgan fingerprint density at radius 3 is 2.68 bits per heavy atom. The Morgan fingerprint density at radius 1 is 1.27 bits per heavy atom. The fraction of sp³-hybridized carbons (Fsp3) is 0.667. The molecule has 1 fully saturated rings. The third-order valence-electron chi connectivity index (χ3n) is 4.40. The highest BCUT2D eigenvalue weighted by Crippen LogP contribution is 2.20. The number of rotatable bonds is 9. The number of aliphatic hydroxyl groups excluding tert-OH is 1. The van der Waals surface area contributed by atoms with Crippen LogP contribution < -0.4 is 5.32 Å². The van der Waals surface area contributed by atoms with Gasteiger partial charge in [0.25, 0.3) is 0 Å². The van der Waals surface area contributed by atoms with Gasteiger partial charge < -0.3 is 20.1 Å². The van der Waals surface area contributed by atoms with Crippen molar-refractivity contribution in [2.75, 3.05) is 39.8 Å². The first-order valence-electron chi connectivity index (χ1n) is 8.44. The lowest BCUT2D eigenvalue weighted by molar-refractivity contribution is 0.00430. The predicted octanol–water partition coefficient (Wildman–Crippen LogP) is 1.89. The minimum Gasteiger partial charge on any atom is -0.389 e. The minimum absolute atomic E-state index is 0.391. The van der Waals surface area contributed by atoms with Gasteiger partial charge in [-0.2, -0.15) is 0 Å². The normalized spacial score (nSPS) is 18.5.